The van der Waals surface area contributed by atoms with Crippen LogP contribution in [0.4, 0.5) is 0 Å². The third-order valence-corrected chi connectivity index (χ3v) is 7.42. The smallest absolute Gasteiger partial charge is 0.330 e. The van der Waals surface area contributed by atoms with E-state index in [0.717, 1.165) is 21.3 Å². The summed E-state index contributed by atoms with van der Waals surface area (Å²) in [6.45, 7) is -0.135. The van der Waals surface area contributed by atoms with Crippen molar-refractivity contribution in [2.45, 2.75) is 30.1 Å². The van der Waals surface area contributed by atoms with Gasteiger partial charge in [-0.3, -0.25) is 14.3 Å². The topological polar surface area (TPSA) is 123 Å². The fourth-order valence-electron chi connectivity index (χ4n) is 4.88. The molecule has 1 saturated heterocycles. The molecule has 0 saturated carbocycles. The Balaban J connectivity index is 1.54. The van der Waals surface area contributed by atoms with Crippen LogP contribution in [0.3, 0.4) is 0 Å². The summed E-state index contributed by atoms with van der Waals surface area (Å²) in [5, 5.41) is 21.7. The molecule has 1 aromatic heterocycles. The minimum absolute atomic E-state index is 0.0822. The molecule has 0 amide bonds. The standard InChI is InChI=1S/C29H27BrN2O7/c1-37-21-14-12-20(13-15-21)29(18-8-4-2-5-9-18,19-10-6-3-7-11-19)38-17-23-24(33)25(34)27(39-23)32-16-22(30)26(35)31-28(32)36/h2-16,23-25,27,33-34H,17H2,1H3,(H,31,35,36)/t23-,24-,25-,27-/m1/s1. The van der Waals surface area contributed by atoms with E-state index in [-0.39, 0.29) is 11.1 Å². The van der Waals surface area contributed by atoms with E-state index in [4.69, 9.17) is 14.2 Å². The van der Waals surface area contributed by atoms with Gasteiger partial charge in [-0.05, 0) is 44.8 Å². The van der Waals surface area contributed by atoms with Gasteiger partial charge in [-0.25, -0.2) is 4.79 Å². The van der Waals surface area contributed by atoms with Gasteiger partial charge in [0.2, 0.25) is 0 Å². The number of rotatable bonds is 8. The molecule has 0 unspecified atom stereocenters. The third kappa shape index (κ3) is 5.09. The van der Waals surface area contributed by atoms with E-state index in [1.165, 1.54) is 6.20 Å². The molecule has 2 heterocycles. The molecule has 3 N–H and O–H groups in total. The molecule has 202 valence electrons. The highest BCUT2D eigenvalue weighted by atomic mass is 79.9. The fraction of sp³-hybridized carbons (Fsp3) is 0.241. The average Bonchev–Trinajstić information content (AvgIpc) is 3.25. The van der Waals surface area contributed by atoms with E-state index >= 15 is 0 Å². The predicted octanol–water partition coefficient (Wildman–Crippen LogP) is 2.94. The fourth-order valence-corrected chi connectivity index (χ4v) is 5.19. The molecule has 10 heteroatoms. The number of benzene rings is 3. The van der Waals surface area contributed by atoms with E-state index in [1.54, 1.807) is 7.11 Å². The number of halogens is 1. The van der Waals surface area contributed by atoms with Crippen molar-refractivity contribution < 1.29 is 24.4 Å². The van der Waals surface area contributed by atoms with Crippen molar-refractivity contribution >= 4 is 15.9 Å². The van der Waals surface area contributed by atoms with Crippen LogP contribution in [-0.2, 0) is 15.1 Å². The van der Waals surface area contributed by atoms with Gasteiger partial charge in [0.15, 0.2) is 6.23 Å². The Labute approximate surface area is 232 Å². The van der Waals surface area contributed by atoms with Crippen LogP contribution in [0, 0.1) is 0 Å². The maximum atomic E-state index is 12.4. The van der Waals surface area contributed by atoms with Crippen LogP contribution < -0.4 is 16.0 Å². The summed E-state index contributed by atoms with van der Waals surface area (Å²) in [4.78, 5) is 26.4. The molecule has 39 heavy (non-hydrogen) atoms. The second-order valence-corrected chi connectivity index (χ2v) is 10.00. The molecule has 4 aromatic rings. The average molecular weight is 595 g/mol. The highest BCUT2D eigenvalue weighted by molar-refractivity contribution is 9.10. The molecule has 1 fully saturated rings. The summed E-state index contributed by atoms with van der Waals surface area (Å²) in [6.07, 6.45) is -3.82. The Morgan fingerprint density at radius 3 is 2.03 bits per heavy atom. The Bertz CT molecular complexity index is 1480. The number of aliphatic hydroxyl groups is 2. The molecule has 0 aliphatic carbocycles. The maximum absolute atomic E-state index is 12.4. The number of H-pyrrole nitrogens is 1. The first-order valence-corrected chi connectivity index (χ1v) is 13.1. The minimum Gasteiger partial charge on any atom is -0.497 e. The predicted molar refractivity (Wildman–Crippen MR) is 147 cm³/mol. The van der Waals surface area contributed by atoms with Gasteiger partial charge >= 0.3 is 5.69 Å². The number of aromatic nitrogens is 2. The molecular formula is C29H27BrN2O7. The molecule has 0 bridgehead atoms. The van der Waals surface area contributed by atoms with Crippen LogP contribution in [0.15, 0.2) is 105 Å². The van der Waals surface area contributed by atoms with Crippen LogP contribution in [0.2, 0.25) is 0 Å². The quantitative estimate of drug-likeness (QED) is 0.268. The second-order valence-electron chi connectivity index (χ2n) is 9.14. The number of methoxy groups -OCH3 is 1. The van der Waals surface area contributed by atoms with Gasteiger partial charge in [-0.15, -0.1) is 0 Å². The van der Waals surface area contributed by atoms with Crippen molar-refractivity contribution in [3.05, 3.63) is 133 Å². The Morgan fingerprint density at radius 1 is 0.897 bits per heavy atom. The number of aliphatic hydroxyl groups excluding tert-OH is 2. The SMILES string of the molecule is COc1ccc(C(OC[C@H]2O[C@@H](n3cc(Br)c(=O)[nH]c3=O)[C@H](O)[C@@H]2O)(c2ccccc2)c2ccccc2)cc1. The Kier molecular flexibility index (Phi) is 7.83. The van der Waals surface area contributed by atoms with Crippen molar-refractivity contribution in [3.8, 4) is 5.75 Å². The van der Waals surface area contributed by atoms with Crippen molar-refractivity contribution in [2.24, 2.45) is 0 Å². The van der Waals surface area contributed by atoms with Gasteiger partial charge in [-0.2, -0.15) is 0 Å². The Hall–Kier alpha value is -3.54. The van der Waals surface area contributed by atoms with E-state index in [1.807, 2.05) is 84.9 Å². The number of hydrogen-bond donors (Lipinski definition) is 3. The number of ether oxygens (including phenoxy) is 3. The number of nitrogens with one attached hydrogen (secondary N) is 1. The number of nitrogens with zero attached hydrogens (tertiary/aromatic N) is 1. The summed E-state index contributed by atoms with van der Waals surface area (Å²) >= 11 is 3.09. The normalized spacial score (nSPS) is 21.1. The lowest BCUT2D eigenvalue weighted by Crippen LogP contribution is -2.40. The largest absolute Gasteiger partial charge is 0.497 e. The monoisotopic (exact) mass is 594 g/mol. The van der Waals surface area contributed by atoms with E-state index in [9.17, 15) is 19.8 Å². The van der Waals surface area contributed by atoms with Gasteiger partial charge in [0.1, 0.15) is 29.7 Å². The van der Waals surface area contributed by atoms with Gasteiger partial charge in [0, 0.05) is 6.20 Å². The molecule has 0 spiro atoms. The van der Waals surface area contributed by atoms with Crippen molar-refractivity contribution in [1.82, 2.24) is 9.55 Å². The first-order valence-electron chi connectivity index (χ1n) is 12.3. The van der Waals surface area contributed by atoms with Gasteiger partial charge in [0.25, 0.3) is 5.56 Å². The lowest BCUT2D eigenvalue weighted by atomic mass is 9.80. The van der Waals surface area contributed by atoms with E-state index in [2.05, 4.69) is 20.9 Å². The van der Waals surface area contributed by atoms with Gasteiger partial charge in [0.05, 0.1) is 18.2 Å². The second kappa shape index (κ2) is 11.3. The zero-order valence-corrected chi connectivity index (χ0v) is 22.5. The summed E-state index contributed by atoms with van der Waals surface area (Å²) < 4.78 is 19.2. The molecule has 1 aliphatic rings. The van der Waals surface area contributed by atoms with Crippen LogP contribution in [0.5, 0.6) is 5.75 Å². The first kappa shape index (κ1) is 27.0. The van der Waals surface area contributed by atoms with Crippen molar-refractivity contribution in [3.63, 3.8) is 0 Å². The summed E-state index contributed by atoms with van der Waals surface area (Å²) in [5.74, 6) is 0.687. The van der Waals surface area contributed by atoms with Crippen LogP contribution in [0.25, 0.3) is 0 Å². The molecule has 5 rings (SSSR count). The van der Waals surface area contributed by atoms with Crippen LogP contribution in [-0.4, -0.2) is 51.8 Å². The number of hydrogen-bond acceptors (Lipinski definition) is 7. The van der Waals surface area contributed by atoms with E-state index in [0.29, 0.717) is 5.75 Å². The van der Waals surface area contributed by atoms with Crippen molar-refractivity contribution in [2.75, 3.05) is 13.7 Å². The summed E-state index contributed by atoms with van der Waals surface area (Å²) in [7, 11) is 1.60. The van der Waals surface area contributed by atoms with Gasteiger partial charge < -0.3 is 24.4 Å². The molecule has 3 aromatic carbocycles. The summed E-state index contributed by atoms with van der Waals surface area (Å²) in [6, 6.07) is 26.9. The third-order valence-electron chi connectivity index (χ3n) is 6.86. The lowest BCUT2D eigenvalue weighted by Gasteiger charge is -2.37. The molecule has 1 aliphatic heterocycles. The van der Waals surface area contributed by atoms with Gasteiger partial charge in [-0.1, -0.05) is 72.8 Å². The highest BCUT2D eigenvalue weighted by Gasteiger charge is 2.46. The zero-order valence-electron chi connectivity index (χ0n) is 20.9. The molecule has 0 radical (unpaired) electrons. The van der Waals surface area contributed by atoms with Crippen LogP contribution >= 0.6 is 15.9 Å². The van der Waals surface area contributed by atoms with Crippen molar-refractivity contribution in [1.29, 1.82) is 0 Å². The van der Waals surface area contributed by atoms with Crippen LogP contribution in [0.1, 0.15) is 22.9 Å². The lowest BCUT2D eigenvalue weighted by molar-refractivity contribution is -0.0959. The Morgan fingerprint density at radius 2 is 1.46 bits per heavy atom. The minimum atomic E-state index is -1.45. The number of aromatic amines is 1. The zero-order chi connectivity index (χ0) is 27.6. The molecular weight excluding hydrogens is 568 g/mol. The molecule has 9 nitrogen and oxygen atoms in total. The molecule has 4 atom stereocenters. The summed E-state index contributed by atoms with van der Waals surface area (Å²) in [5.41, 5.74) is -0.00968. The first-order chi connectivity index (χ1) is 18.8. The maximum Gasteiger partial charge on any atom is 0.330 e. The highest BCUT2D eigenvalue weighted by Crippen LogP contribution is 2.42. The van der Waals surface area contributed by atoms with E-state index < -0.39 is 41.4 Å².